The molecule has 2 heterocycles. The second kappa shape index (κ2) is 5.86. The predicted molar refractivity (Wildman–Crippen MR) is 76.9 cm³/mol. The summed E-state index contributed by atoms with van der Waals surface area (Å²) in [6.45, 7) is 2.36. The number of aromatic nitrogens is 2. The van der Waals surface area contributed by atoms with E-state index in [1.165, 1.54) is 12.3 Å². The molecular formula is C12H11Cl2N3OS. The molecule has 0 saturated heterocycles. The van der Waals surface area contributed by atoms with Gasteiger partial charge in [-0.25, -0.2) is 9.97 Å². The molecule has 0 aliphatic rings. The van der Waals surface area contributed by atoms with E-state index in [0.29, 0.717) is 12.1 Å². The highest BCUT2D eigenvalue weighted by atomic mass is 35.5. The van der Waals surface area contributed by atoms with Crippen LogP contribution in [0.5, 0.6) is 0 Å². The normalized spacial score (nSPS) is 10.5. The molecule has 0 atom stereocenters. The Balaban J connectivity index is 2.16. The summed E-state index contributed by atoms with van der Waals surface area (Å²) < 4.78 is 0. The van der Waals surface area contributed by atoms with Gasteiger partial charge >= 0.3 is 0 Å². The van der Waals surface area contributed by atoms with E-state index in [0.717, 1.165) is 10.7 Å². The van der Waals surface area contributed by atoms with Crippen molar-refractivity contribution >= 4 is 40.4 Å². The van der Waals surface area contributed by atoms with Gasteiger partial charge in [-0.2, -0.15) is 0 Å². The Hall–Kier alpha value is -1.17. The lowest BCUT2D eigenvalue weighted by Gasteiger charge is -2.16. The van der Waals surface area contributed by atoms with Gasteiger partial charge in [0.25, 0.3) is 5.91 Å². The highest BCUT2D eigenvalue weighted by molar-refractivity contribution is 7.09. The van der Waals surface area contributed by atoms with Crippen molar-refractivity contribution in [2.75, 3.05) is 7.05 Å². The van der Waals surface area contributed by atoms with Crippen LogP contribution in [0.3, 0.4) is 0 Å². The summed E-state index contributed by atoms with van der Waals surface area (Å²) in [6, 6.07) is 1.47. The van der Waals surface area contributed by atoms with Crippen molar-refractivity contribution in [1.82, 2.24) is 14.9 Å². The van der Waals surface area contributed by atoms with E-state index in [1.807, 2.05) is 12.3 Å². The number of rotatable bonds is 3. The van der Waals surface area contributed by atoms with Crippen molar-refractivity contribution in [3.8, 4) is 0 Å². The highest BCUT2D eigenvalue weighted by Gasteiger charge is 2.17. The van der Waals surface area contributed by atoms with Crippen LogP contribution in [-0.4, -0.2) is 27.8 Å². The van der Waals surface area contributed by atoms with Crippen molar-refractivity contribution in [1.29, 1.82) is 0 Å². The maximum Gasteiger partial charge on any atom is 0.255 e. The van der Waals surface area contributed by atoms with Gasteiger partial charge in [-0.15, -0.1) is 11.3 Å². The molecule has 0 aliphatic heterocycles. The first kappa shape index (κ1) is 14.2. The van der Waals surface area contributed by atoms with Gasteiger partial charge in [0.2, 0.25) is 0 Å². The van der Waals surface area contributed by atoms with E-state index in [4.69, 9.17) is 23.2 Å². The fraction of sp³-hybridized carbons (Fsp3) is 0.250. The maximum atomic E-state index is 12.3. The SMILES string of the molecule is Cc1nc(CN(C)C(=O)c2cc(Cl)ncc2Cl)cs1. The van der Waals surface area contributed by atoms with Crippen LogP contribution in [0, 0.1) is 6.92 Å². The summed E-state index contributed by atoms with van der Waals surface area (Å²) in [7, 11) is 1.70. The van der Waals surface area contributed by atoms with Crippen LogP contribution < -0.4 is 0 Å². The number of halogens is 2. The summed E-state index contributed by atoms with van der Waals surface area (Å²) in [4.78, 5) is 21.9. The maximum absolute atomic E-state index is 12.3. The molecule has 0 aromatic carbocycles. The number of pyridine rings is 1. The molecule has 4 nitrogen and oxygen atoms in total. The zero-order valence-electron chi connectivity index (χ0n) is 10.4. The van der Waals surface area contributed by atoms with Crippen molar-refractivity contribution in [2.45, 2.75) is 13.5 Å². The number of aryl methyl sites for hydroxylation is 1. The van der Waals surface area contributed by atoms with Gasteiger partial charge in [-0.3, -0.25) is 4.79 Å². The largest absolute Gasteiger partial charge is 0.336 e. The van der Waals surface area contributed by atoms with Gasteiger partial charge in [0, 0.05) is 18.6 Å². The molecule has 7 heteroatoms. The van der Waals surface area contributed by atoms with Crippen LogP contribution >= 0.6 is 34.5 Å². The van der Waals surface area contributed by atoms with Crippen LogP contribution in [0.25, 0.3) is 0 Å². The fourth-order valence-corrected chi connectivity index (χ4v) is 2.52. The molecule has 0 saturated carbocycles. The van der Waals surface area contributed by atoms with Gasteiger partial charge in [-0.1, -0.05) is 23.2 Å². The Morgan fingerprint density at radius 2 is 2.21 bits per heavy atom. The fourth-order valence-electron chi connectivity index (χ4n) is 1.58. The molecule has 2 aromatic heterocycles. The smallest absolute Gasteiger partial charge is 0.255 e. The summed E-state index contributed by atoms with van der Waals surface area (Å²) in [5, 5.41) is 3.43. The van der Waals surface area contributed by atoms with E-state index >= 15 is 0 Å². The van der Waals surface area contributed by atoms with Crippen LogP contribution in [0.15, 0.2) is 17.6 Å². The van der Waals surface area contributed by atoms with Crippen LogP contribution in [0.2, 0.25) is 10.2 Å². The molecule has 0 aliphatic carbocycles. The molecule has 1 amide bonds. The van der Waals surface area contributed by atoms with Gasteiger partial charge in [0.15, 0.2) is 0 Å². The third-order valence-corrected chi connectivity index (χ3v) is 3.80. The van der Waals surface area contributed by atoms with Crippen LogP contribution in [0.1, 0.15) is 21.1 Å². The van der Waals surface area contributed by atoms with E-state index < -0.39 is 0 Å². The second-order valence-electron chi connectivity index (χ2n) is 4.01. The molecule has 0 bridgehead atoms. The molecule has 0 spiro atoms. The Morgan fingerprint density at radius 1 is 1.47 bits per heavy atom. The van der Waals surface area contributed by atoms with Crippen molar-refractivity contribution in [3.05, 3.63) is 44.1 Å². The number of amides is 1. The van der Waals surface area contributed by atoms with Crippen LogP contribution in [0.4, 0.5) is 0 Å². The summed E-state index contributed by atoms with van der Waals surface area (Å²) >= 11 is 13.3. The second-order valence-corrected chi connectivity index (χ2v) is 5.86. The van der Waals surface area contributed by atoms with E-state index in [9.17, 15) is 4.79 Å². The van der Waals surface area contributed by atoms with E-state index in [1.54, 1.807) is 23.3 Å². The zero-order valence-corrected chi connectivity index (χ0v) is 12.7. The van der Waals surface area contributed by atoms with Crippen molar-refractivity contribution in [2.24, 2.45) is 0 Å². The third kappa shape index (κ3) is 3.43. The van der Waals surface area contributed by atoms with Crippen molar-refractivity contribution < 1.29 is 4.79 Å². The minimum absolute atomic E-state index is 0.208. The Morgan fingerprint density at radius 3 is 2.84 bits per heavy atom. The standard InChI is InChI=1S/C12H11Cl2N3OS/c1-7-16-8(6-19-7)5-17(2)12(18)9-3-11(14)15-4-10(9)13/h3-4,6H,5H2,1-2H3. The summed E-state index contributed by atoms with van der Waals surface area (Å²) in [5.74, 6) is -0.208. The Labute approximate surface area is 125 Å². The number of thiazole rings is 1. The first-order chi connectivity index (χ1) is 8.97. The molecule has 2 rings (SSSR count). The topological polar surface area (TPSA) is 46.1 Å². The van der Waals surface area contributed by atoms with Gasteiger partial charge < -0.3 is 4.90 Å². The first-order valence-corrected chi connectivity index (χ1v) is 7.08. The minimum Gasteiger partial charge on any atom is -0.336 e. The lowest BCUT2D eigenvalue weighted by Crippen LogP contribution is -2.26. The molecule has 100 valence electrons. The third-order valence-electron chi connectivity index (χ3n) is 2.46. The monoisotopic (exact) mass is 315 g/mol. The number of carbonyl (C=O) groups is 1. The van der Waals surface area contributed by atoms with Gasteiger partial charge in [0.05, 0.1) is 27.8 Å². The molecular weight excluding hydrogens is 305 g/mol. The zero-order chi connectivity index (χ0) is 14.0. The number of nitrogens with zero attached hydrogens (tertiary/aromatic N) is 3. The van der Waals surface area contributed by atoms with Crippen LogP contribution in [-0.2, 0) is 6.54 Å². The summed E-state index contributed by atoms with van der Waals surface area (Å²) in [5.41, 5.74) is 1.20. The molecule has 0 unspecified atom stereocenters. The minimum atomic E-state index is -0.208. The van der Waals surface area contributed by atoms with E-state index in [2.05, 4.69) is 9.97 Å². The number of hydrogen-bond donors (Lipinski definition) is 0. The predicted octanol–water partition coefficient (Wildman–Crippen LogP) is 3.43. The van der Waals surface area contributed by atoms with Gasteiger partial charge in [0.1, 0.15) is 5.15 Å². The van der Waals surface area contributed by atoms with Gasteiger partial charge in [-0.05, 0) is 13.0 Å². The number of carbonyl (C=O) groups excluding carboxylic acids is 1. The number of hydrogen-bond acceptors (Lipinski definition) is 4. The molecule has 0 fully saturated rings. The molecule has 2 aromatic rings. The average molecular weight is 316 g/mol. The highest BCUT2D eigenvalue weighted by Crippen LogP contribution is 2.20. The Bertz CT molecular complexity index is 615. The lowest BCUT2D eigenvalue weighted by molar-refractivity contribution is 0.0783. The van der Waals surface area contributed by atoms with E-state index in [-0.39, 0.29) is 16.1 Å². The average Bonchev–Trinajstić information content (AvgIpc) is 2.77. The molecule has 0 N–H and O–H groups in total. The first-order valence-electron chi connectivity index (χ1n) is 5.45. The molecule has 0 radical (unpaired) electrons. The Kier molecular flexibility index (Phi) is 4.39. The quantitative estimate of drug-likeness (QED) is 0.815. The van der Waals surface area contributed by atoms with Crippen molar-refractivity contribution in [3.63, 3.8) is 0 Å². The summed E-state index contributed by atoms with van der Waals surface area (Å²) in [6.07, 6.45) is 1.37. The lowest BCUT2D eigenvalue weighted by atomic mass is 10.2. The molecule has 19 heavy (non-hydrogen) atoms.